The van der Waals surface area contributed by atoms with Crippen LogP contribution in [0.2, 0.25) is 0 Å². The van der Waals surface area contributed by atoms with Crippen LogP contribution in [0.5, 0.6) is 5.75 Å². The largest absolute Gasteiger partial charge is 0.508 e. The molecule has 232 valence electrons. The third-order valence-electron chi connectivity index (χ3n) is 7.30. The number of aromatic nitrogens is 3. The number of imidazole rings is 1. The lowest BCUT2D eigenvalue weighted by molar-refractivity contribution is -0.142. The van der Waals surface area contributed by atoms with E-state index in [0.29, 0.717) is 5.69 Å². The molecule has 2 aromatic carbocycles. The number of carboxylic acid groups (broad SMARTS) is 1. The molecule has 2 heterocycles. The Morgan fingerprint density at radius 3 is 2.23 bits per heavy atom. The van der Waals surface area contributed by atoms with E-state index >= 15 is 0 Å². The highest BCUT2D eigenvalue weighted by Crippen LogP contribution is 2.20. The Bertz CT molecular complexity index is 1580. The Hall–Kier alpha value is -5.17. The van der Waals surface area contributed by atoms with Gasteiger partial charge in [0.2, 0.25) is 17.7 Å². The number of carbonyl (C=O) groups is 4. The van der Waals surface area contributed by atoms with Gasteiger partial charge in [0, 0.05) is 41.8 Å². The number of hydrogen-bond donors (Lipinski definition) is 8. The molecule has 13 heteroatoms. The van der Waals surface area contributed by atoms with E-state index < -0.39 is 53.8 Å². The van der Waals surface area contributed by atoms with Crippen molar-refractivity contribution in [2.45, 2.75) is 57.3 Å². The third-order valence-corrected chi connectivity index (χ3v) is 7.30. The zero-order chi connectivity index (χ0) is 31.8. The second-order valence-corrected chi connectivity index (χ2v) is 11.0. The molecule has 0 aliphatic carbocycles. The first-order valence-corrected chi connectivity index (χ1v) is 14.2. The molecule has 0 saturated carbocycles. The number of hydrogen-bond acceptors (Lipinski definition) is 7. The Labute approximate surface area is 253 Å². The summed E-state index contributed by atoms with van der Waals surface area (Å²) < 4.78 is 0. The molecule has 4 atom stereocenters. The van der Waals surface area contributed by atoms with E-state index in [1.807, 2.05) is 24.3 Å². The Balaban J connectivity index is 1.52. The summed E-state index contributed by atoms with van der Waals surface area (Å²) in [4.78, 5) is 62.0. The minimum Gasteiger partial charge on any atom is -0.508 e. The van der Waals surface area contributed by atoms with Gasteiger partial charge < -0.3 is 41.9 Å². The van der Waals surface area contributed by atoms with E-state index in [9.17, 15) is 29.4 Å². The summed E-state index contributed by atoms with van der Waals surface area (Å²) in [6.07, 6.45) is 4.86. The van der Waals surface area contributed by atoms with Gasteiger partial charge in [-0.15, -0.1) is 0 Å². The quantitative estimate of drug-likeness (QED) is 0.104. The van der Waals surface area contributed by atoms with Crippen molar-refractivity contribution in [1.82, 2.24) is 30.9 Å². The molecule has 2 aromatic heterocycles. The van der Waals surface area contributed by atoms with E-state index in [4.69, 9.17) is 5.73 Å². The smallest absolute Gasteiger partial charge is 0.326 e. The zero-order valence-corrected chi connectivity index (χ0v) is 24.4. The zero-order valence-electron chi connectivity index (χ0n) is 24.4. The Morgan fingerprint density at radius 1 is 0.864 bits per heavy atom. The van der Waals surface area contributed by atoms with Crippen molar-refractivity contribution < 1.29 is 29.4 Å². The predicted octanol–water partition coefficient (Wildman–Crippen LogP) is 1.15. The Morgan fingerprint density at radius 2 is 1.57 bits per heavy atom. The van der Waals surface area contributed by atoms with Crippen molar-refractivity contribution >= 4 is 34.6 Å². The van der Waals surface area contributed by atoms with E-state index in [2.05, 4.69) is 30.9 Å². The number of amides is 3. The summed E-state index contributed by atoms with van der Waals surface area (Å²) in [5.74, 6) is -3.46. The molecular weight excluding hydrogens is 566 g/mol. The van der Waals surface area contributed by atoms with Gasteiger partial charge in [-0.3, -0.25) is 14.4 Å². The van der Waals surface area contributed by atoms with Crippen LogP contribution >= 0.6 is 0 Å². The number of aromatic amines is 2. The van der Waals surface area contributed by atoms with Gasteiger partial charge in [-0.25, -0.2) is 9.78 Å². The molecule has 4 unspecified atom stereocenters. The Kier molecular flexibility index (Phi) is 10.3. The molecule has 0 aliphatic heterocycles. The number of carboxylic acids is 1. The van der Waals surface area contributed by atoms with E-state index in [-0.39, 0.29) is 25.0 Å². The van der Waals surface area contributed by atoms with Crippen LogP contribution in [0.15, 0.2) is 67.3 Å². The van der Waals surface area contributed by atoms with Crippen LogP contribution in [-0.4, -0.2) is 73.0 Å². The van der Waals surface area contributed by atoms with Crippen molar-refractivity contribution in [1.29, 1.82) is 0 Å². The first-order valence-electron chi connectivity index (χ1n) is 14.2. The fourth-order valence-corrected chi connectivity index (χ4v) is 4.85. The molecule has 0 aliphatic rings. The first-order chi connectivity index (χ1) is 21.0. The van der Waals surface area contributed by atoms with Gasteiger partial charge in [-0.05, 0) is 41.7 Å². The number of nitrogens with zero attached hydrogens (tertiary/aromatic N) is 1. The summed E-state index contributed by atoms with van der Waals surface area (Å²) in [6.45, 7) is 3.44. The van der Waals surface area contributed by atoms with E-state index in [1.165, 1.54) is 24.7 Å². The summed E-state index contributed by atoms with van der Waals surface area (Å²) in [6, 6.07) is 9.35. The van der Waals surface area contributed by atoms with E-state index in [1.54, 1.807) is 32.2 Å². The van der Waals surface area contributed by atoms with Crippen LogP contribution in [0.1, 0.15) is 30.7 Å². The number of carbonyl (C=O) groups excluding carboxylic acids is 3. The van der Waals surface area contributed by atoms with Gasteiger partial charge in [0.05, 0.1) is 12.4 Å². The second-order valence-electron chi connectivity index (χ2n) is 11.0. The molecule has 0 fully saturated rings. The monoisotopic (exact) mass is 603 g/mol. The third kappa shape index (κ3) is 8.22. The number of phenolic OH excluding ortho intramolecular Hbond substituents is 1. The summed E-state index contributed by atoms with van der Waals surface area (Å²) in [5, 5.41) is 28.1. The highest BCUT2D eigenvalue weighted by Gasteiger charge is 2.32. The highest BCUT2D eigenvalue weighted by molar-refractivity contribution is 5.95. The number of phenols is 1. The predicted molar refractivity (Wildman–Crippen MR) is 162 cm³/mol. The number of para-hydroxylation sites is 1. The number of H-pyrrole nitrogens is 2. The van der Waals surface area contributed by atoms with Crippen LogP contribution in [0, 0.1) is 5.92 Å². The average molecular weight is 604 g/mol. The topological polar surface area (TPSA) is 215 Å². The first kappa shape index (κ1) is 31.8. The standard InChI is InChI=1S/C31H37N7O6/c1-17(2)27(30(42)37-26(31(43)44)13-20-15-33-16-35-20)38-29(41)25(12-19-14-34-24-6-4-3-5-22(19)24)36-28(40)23(32)11-18-7-9-21(39)10-8-18/h3-10,14-17,23,25-27,34,39H,11-13,32H2,1-2H3,(H,33,35)(H,36,40)(H,37,42)(H,38,41)(H,43,44). The molecule has 0 bridgehead atoms. The van der Waals surface area contributed by atoms with Crippen molar-refractivity contribution in [3.05, 3.63) is 84.1 Å². The van der Waals surface area contributed by atoms with Crippen LogP contribution in [0.3, 0.4) is 0 Å². The van der Waals surface area contributed by atoms with Gasteiger partial charge >= 0.3 is 5.97 Å². The minimum absolute atomic E-state index is 0.0298. The second kappa shape index (κ2) is 14.3. The van der Waals surface area contributed by atoms with Crippen molar-refractivity contribution in [3.8, 4) is 5.75 Å². The van der Waals surface area contributed by atoms with Gasteiger partial charge in [0.25, 0.3) is 0 Å². The van der Waals surface area contributed by atoms with Crippen LogP contribution < -0.4 is 21.7 Å². The van der Waals surface area contributed by atoms with Gasteiger partial charge in [0.15, 0.2) is 0 Å². The lowest BCUT2D eigenvalue weighted by Crippen LogP contribution is -2.59. The number of nitrogens with two attached hydrogens (primary N) is 1. The molecule has 13 nitrogen and oxygen atoms in total. The molecular formula is C31H37N7O6. The molecule has 0 saturated heterocycles. The SMILES string of the molecule is CC(C)C(NC(=O)C(Cc1c[nH]c2ccccc12)NC(=O)C(N)Cc1ccc(O)cc1)C(=O)NC(Cc1cnc[nH]1)C(=O)O. The van der Waals surface area contributed by atoms with Crippen molar-refractivity contribution in [3.63, 3.8) is 0 Å². The molecule has 4 aromatic rings. The molecule has 0 spiro atoms. The van der Waals surface area contributed by atoms with Crippen LogP contribution in [0.4, 0.5) is 0 Å². The van der Waals surface area contributed by atoms with Gasteiger partial charge in [0.1, 0.15) is 23.9 Å². The summed E-state index contributed by atoms with van der Waals surface area (Å²) >= 11 is 0. The van der Waals surface area contributed by atoms with Crippen molar-refractivity contribution in [2.24, 2.45) is 11.7 Å². The maximum absolute atomic E-state index is 13.7. The number of rotatable bonds is 14. The lowest BCUT2D eigenvalue weighted by atomic mass is 9.99. The number of aliphatic carboxylic acids is 1. The molecule has 44 heavy (non-hydrogen) atoms. The van der Waals surface area contributed by atoms with Crippen LogP contribution in [0.25, 0.3) is 10.9 Å². The maximum atomic E-state index is 13.7. The fraction of sp³-hybridized carbons (Fsp3) is 0.323. The average Bonchev–Trinajstić information content (AvgIpc) is 3.66. The lowest BCUT2D eigenvalue weighted by Gasteiger charge is -2.27. The number of nitrogens with one attached hydrogen (secondary N) is 5. The van der Waals surface area contributed by atoms with Crippen molar-refractivity contribution in [2.75, 3.05) is 0 Å². The number of aromatic hydroxyl groups is 1. The number of benzene rings is 2. The minimum atomic E-state index is -1.26. The van der Waals surface area contributed by atoms with Crippen LogP contribution in [-0.2, 0) is 38.4 Å². The summed E-state index contributed by atoms with van der Waals surface area (Å²) in [7, 11) is 0. The van der Waals surface area contributed by atoms with Gasteiger partial charge in [-0.1, -0.05) is 44.2 Å². The fourth-order valence-electron chi connectivity index (χ4n) is 4.85. The molecule has 3 amide bonds. The highest BCUT2D eigenvalue weighted by atomic mass is 16.4. The molecule has 9 N–H and O–H groups in total. The molecule has 0 radical (unpaired) electrons. The maximum Gasteiger partial charge on any atom is 0.326 e. The normalized spacial score (nSPS) is 14.0. The van der Waals surface area contributed by atoms with E-state index in [0.717, 1.165) is 22.0 Å². The van der Waals surface area contributed by atoms with Gasteiger partial charge in [-0.2, -0.15) is 0 Å². The molecule has 4 rings (SSSR count). The number of fused-ring (bicyclic) bond motifs is 1. The summed E-state index contributed by atoms with van der Waals surface area (Å²) in [5.41, 5.74) is 9.07.